The van der Waals surface area contributed by atoms with Gasteiger partial charge in [0.1, 0.15) is 4.90 Å². The van der Waals surface area contributed by atoms with E-state index in [0.717, 1.165) is 37.7 Å². The zero-order chi connectivity index (χ0) is 27.2. The van der Waals surface area contributed by atoms with Crippen LogP contribution in [0.25, 0.3) is 0 Å². The summed E-state index contributed by atoms with van der Waals surface area (Å²) in [6, 6.07) is 12.7. The largest absolute Gasteiger partial charge is 0.465 e. The third kappa shape index (κ3) is 6.98. The van der Waals surface area contributed by atoms with Crippen molar-refractivity contribution in [3.05, 3.63) is 69.8 Å². The van der Waals surface area contributed by atoms with E-state index in [4.69, 9.17) is 4.74 Å². The first-order chi connectivity index (χ1) is 17.6. The Morgan fingerprint density at radius 1 is 1.08 bits per heavy atom. The van der Waals surface area contributed by atoms with Gasteiger partial charge in [0.05, 0.1) is 22.8 Å². The molecule has 0 aromatic heterocycles. The van der Waals surface area contributed by atoms with E-state index >= 15 is 0 Å². The van der Waals surface area contributed by atoms with Crippen LogP contribution in [-0.2, 0) is 21.0 Å². The highest BCUT2D eigenvalue weighted by molar-refractivity contribution is 7.92. The molecule has 0 radical (unpaired) electrons. The Labute approximate surface area is 220 Å². The molecule has 1 aliphatic carbocycles. The summed E-state index contributed by atoms with van der Waals surface area (Å²) in [5.74, 6) is 0.818. The fraction of sp³-hybridized carbons (Fsp3) is 0.552. The topological polar surface area (TPSA) is 104 Å². The van der Waals surface area contributed by atoms with Crippen LogP contribution in [0, 0.1) is 33.8 Å². The first-order valence-corrected chi connectivity index (χ1v) is 14.8. The number of sulfone groups is 1. The number of carbonyl (C=O) groups is 1. The zero-order valence-corrected chi connectivity index (χ0v) is 23.1. The van der Waals surface area contributed by atoms with E-state index in [9.17, 15) is 23.3 Å². The van der Waals surface area contributed by atoms with Crippen molar-refractivity contribution in [3.63, 3.8) is 0 Å². The van der Waals surface area contributed by atoms with Crippen LogP contribution in [0.2, 0.25) is 0 Å². The van der Waals surface area contributed by atoms with E-state index in [0.29, 0.717) is 30.2 Å². The molecule has 0 aliphatic heterocycles. The molecule has 8 heteroatoms. The molecule has 37 heavy (non-hydrogen) atoms. The number of esters is 1. The molecule has 5 unspecified atom stereocenters. The van der Waals surface area contributed by atoms with Gasteiger partial charge in [-0.1, -0.05) is 70.7 Å². The summed E-state index contributed by atoms with van der Waals surface area (Å²) >= 11 is 0. The summed E-state index contributed by atoms with van der Waals surface area (Å²) in [5, 5.41) is 11.0. The normalized spacial score (nSPS) is 22.0. The highest BCUT2D eigenvalue weighted by Crippen LogP contribution is 2.39. The minimum Gasteiger partial charge on any atom is -0.465 e. The number of carbonyl (C=O) groups excluding carboxylic acids is 1. The number of rotatable bonds is 10. The van der Waals surface area contributed by atoms with Crippen molar-refractivity contribution in [2.24, 2.45) is 23.7 Å². The summed E-state index contributed by atoms with van der Waals surface area (Å²) in [6.07, 6.45) is 6.21. The fourth-order valence-corrected chi connectivity index (χ4v) is 8.12. The highest BCUT2D eigenvalue weighted by atomic mass is 32.2. The van der Waals surface area contributed by atoms with Crippen LogP contribution >= 0.6 is 0 Å². The summed E-state index contributed by atoms with van der Waals surface area (Å²) in [7, 11) is -2.65. The second-order valence-electron chi connectivity index (χ2n) is 10.6. The Hall–Kier alpha value is -2.74. The van der Waals surface area contributed by atoms with E-state index in [1.165, 1.54) is 25.3 Å². The molecule has 0 heterocycles. The van der Waals surface area contributed by atoms with Gasteiger partial charge >= 0.3 is 5.97 Å². The Kier molecular flexibility index (Phi) is 9.87. The lowest BCUT2D eigenvalue weighted by Gasteiger charge is -2.28. The Balaban J connectivity index is 1.93. The zero-order valence-electron chi connectivity index (χ0n) is 22.3. The molecule has 0 spiro atoms. The molecule has 0 N–H and O–H groups in total. The highest BCUT2D eigenvalue weighted by Gasteiger charge is 2.38. The van der Waals surface area contributed by atoms with Crippen LogP contribution in [-0.4, -0.2) is 31.7 Å². The van der Waals surface area contributed by atoms with E-state index < -0.39 is 26.0 Å². The standard InChI is InChI=1S/C29H39NO6S/c1-5-24-15-12-23(11-10-20(24)2)19-28(37(34,35)27-9-7-6-8-26(27)30(32)33)21(3)18-22-13-16-25(17-14-22)29(31)36-4/h6-9,13-14,16-17,20-21,23-24,28H,5,10-12,15,18-19H2,1-4H3. The summed E-state index contributed by atoms with van der Waals surface area (Å²) < 4.78 is 32.9. The van der Waals surface area contributed by atoms with Gasteiger partial charge in [0, 0.05) is 6.07 Å². The van der Waals surface area contributed by atoms with Crippen LogP contribution < -0.4 is 0 Å². The van der Waals surface area contributed by atoms with E-state index in [1.54, 1.807) is 18.2 Å². The third-order valence-electron chi connectivity index (χ3n) is 8.21. The van der Waals surface area contributed by atoms with Crippen molar-refractivity contribution in [2.45, 2.75) is 75.9 Å². The van der Waals surface area contributed by atoms with Crippen LogP contribution in [0.4, 0.5) is 5.69 Å². The molecule has 0 amide bonds. The molecular weight excluding hydrogens is 490 g/mol. The maximum Gasteiger partial charge on any atom is 0.337 e. The average molecular weight is 530 g/mol. The molecule has 202 valence electrons. The third-order valence-corrected chi connectivity index (χ3v) is 10.6. The number of hydrogen-bond donors (Lipinski definition) is 0. The monoisotopic (exact) mass is 529 g/mol. The molecule has 0 saturated heterocycles. The van der Waals surface area contributed by atoms with E-state index in [2.05, 4.69) is 13.8 Å². The van der Waals surface area contributed by atoms with Gasteiger partial charge in [-0.25, -0.2) is 13.2 Å². The van der Waals surface area contributed by atoms with Crippen LogP contribution in [0.5, 0.6) is 0 Å². The van der Waals surface area contributed by atoms with Crippen molar-refractivity contribution >= 4 is 21.5 Å². The van der Waals surface area contributed by atoms with Crippen LogP contribution in [0.15, 0.2) is 53.4 Å². The molecule has 0 bridgehead atoms. The Morgan fingerprint density at radius 2 is 1.73 bits per heavy atom. The quantitative estimate of drug-likeness (QED) is 0.148. The molecule has 3 rings (SSSR count). The van der Waals surface area contributed by atoms with Gasteiger partial charge in [-0.2, -0.15) is 0 Å². The second-order valence-corrected chi connectivity index (χ2v) is 12.7. The SMILES string of the molecule is CCC1CCC(CC(C(C)Cc2ccc(C(=O)OC)cc2)S(=O)(=O)c2ccccc2[N+](=O)[O-])CCC1C. The number of methoxy groups -OCH3 is 1. The molecule has 2 aromatic carbocycles. The van der Waals surface area contributed by atoms with Crippen LogP contribution in [0.1, 0.15) is 75.2 Å². The maximum absolute atomic E-state index is 14.1. The molecule has 1 aliphatic rings. The van der Waals surface area contributed by atoms with Crippen molar-refractivity contribution in [1.29, 1.82) is 0 Å². The van der Waals surface area contributed by atoms with Gasteiger partial charge in [-0.15, -0.1) is 0 Å². The van der Waals surface area contributed by atoms with Gasteiger partial charge in [-0.3, -0.25) is 10.1 Å². The number of benzene rings is 2. The minimum absolute atomic E-state index is 0.202. The van der Waals surface area contributed by atoms with Gasteiger partial charge in [-0.05, 0) is 66.7 Å². The number of nitro benzene ring substituents is 1. The number of hydrogen-bond acceptors (Lipinski definition) is 6. The number of ether oxygens (including phenoxy) is 1. The number of para-hydroxylation sites is 1. The molecule has 1 saturated carbocycles. The molecule has 5 atom stereocenters. The molecule has 1 fully saturated rings. The van der Waals surface area contributed by atoms with Crippen molar-refractivity contribution in [2.75, 3.05) is 7.11 Å². The molecule has 2 aromatic rings. The Morgan fingerprint density at radius 3 is 2.35 bits per heavy atom. The lowest BCUT2D eigenvalue weighted by atomic mass is 9.87. The van der Waals surface area contributed by atoms with Gasteiger partial charge in [0.2, 0.25) is 0 Å². The maximum atomic E-state index is 14.1. The van der Waals surface area contributed by atoms with E-state index in [1.807, 2.05) is 19.1 Å². The minimum atomic E-state index is -3.98. The summed E-state index contributed by atoms with van der Waals surface area (Å²) in [5.41, 5.74) is 0.965. The van der Waals surface area contributed by atoms with Gasteiger partial charge < -0.3 is 4.74 Å². The van der Waals surface area contributed by atoms with Crippen molar-refractivity contribution in [3.8, 4) is 0 Å². The van der Waals surface area contributed by atoms with Crippen LogP contribution in [0.3, 0.4) is 0 Å². The Bertz CT molecular complexity index is 1180. The van der Waals surface area contributed by atoms with Crippen molar-refractivity contribution in [1.82, 2.24) is 0 Å². The summed E-state index contributed by atoms with van der Waals surface area (Å²) in [6.45, 7) is 6.43. The number of nitro groups is 1. The smallest absolute Gasteiger partial charge is 0.337 e. The fourth-order valence-electron chi connectivity index (χ4n) is 5.86. The average Bonchev–Trinajstić information content (AvgIpc) is 3.07. The first-order valence-electron chi connectivity index (χ1n) is 13.2. The van der Waals surface area contributed by atoms with Gasteiger partial charge in [0.15, 0.2) is 9.84 Å². The lowest BCUT2D eigenvalue weighted by Crippen LogP contribution is -2.32. The second kappa shape index (κ2) is 12.7. The predicted octanol–water partition coefficient (Wildman–Crippen LogP) is 6.65. The number of nitrogens with zero attached hydrogens (tertiary/aromatic N) is 1. The lowest BCUT2D eigenvalue weighted by molar-refractivity contribution is -0.387. The molecular formula is C29H39NO6S. The van der Waals surface area contributed by atoms with Gasteiger partial charge in [0.25, 0.3) is 5.69 Å². The summed E-state index contributed by atoms with van der Waals surface area (Å²) in [4.78, 5) is 22.7. The first kappa shape index (κ1) is 28.8. The molecule has 7 nitrogen and oxygen atoms in total. The van der Waals surface area contributed by atoms with E-state index in [-0.39, 0.29) is 22.4 Å². The van der Waals surface area contributed by atoms with Crippen molar-refractivity contribution < 1.29 is 22.9 Å². The predicted molar refractivity (Wildman–Crippen MR) is 144 cm³/mol.